The van der Waals surface area contributed by atoms with Crippen LogP contribution in [0.15, 0.2) is 59.5 Å². The van der Waals surface area contributed by atoms with Crippen LogP contribution >= 0.6 is 24.0 Å². The first-order chi connectivity index (χ1) is 12.2. The molecule has 0 N–H and O–H groups in total. The number of rotatable bonds is 3. The minimum absolute atomic E-state index is 0. The monoisotopic (exact) mass is 392 g/mol. The fraction of sp³-hybridized carbons (Fsp3) is 0.222. The number of imidazole rings is 1. The molecule has 0 radical (unpaired) electrons. The number of furan rings is 1. The van der Waals surface area contributed by atoms with E-state index in [0.29, 0.717) is 37.0 Å². The second-order valence-electron chi connectivity index (χ2n) is 5.83. The number of nitrogens with zero attached hydrogens (tertiary/aromatic N) is 4. The third kappa shape index (κ3) is 3.57. The van der Waals surface area contributed by atoms with Crippen LogP contribution in [0, 0.1) is 0 Å². The van der Waals surface area contributed by atoms with Crippen LogP contribution in [0.25, 0.3) is 5.69 Å². The van der Waals surface area contributed by atoms with Crippen LogP contribution in [-0.2, 0) is 0 Å². The van der Waals surface area contributed by atoms with E-state index in [9.17, 15) is 4.79 Å². The van der Waals surface area contributed by atoms with E-state index in [1.165, 1.54) is 6.26 Å². The fourth-order valence-corrected chi connectivity index (χ4v) is 3.21. The zero-order valence-corrected chi connectivity index (χ0v) is 15.5. The van der Waals surface area contributed by atoms with Crippen LogP contribution in [0.1, 0.15) is 10.6 Å². The quantitative estimate of drug-likeness (QED) is 0.684. The van der Waals surface area contributed by atoms with Gasteiger partial charge in [-0.25, -0.2) is 4.98 Å². The van der Waals surface area contributed by atoms with Gasteiger partial charge < -0.3 is 14.2 Å². The number of halogens is 2. The normalized spacial score (nSPS) is 14.2. The molecule has 4 rings (SSSR count). The van der Waals surface area contributed by atoms with Crippen molar-refractivity contribution in [2.24, 2.45) is 0 Å². The zero-order chi connectivity index (χ0) is 17.2. The number of benzene rings is 1. The second-order valence-corrected chi connectivity index (χ2v) is 6.27. The highest BCUT2D eigenvalue weighted by molar-refractivity contribution is 6.30. The fourth-order valence-electron chi connectivity index (χ4n) is 3.02. The highest BCUT2D eigenvalue weighted by Gasteiger charge is 2.25. The summed E-state index contributed by atoms with van der Waals surface area (Å²) in [6, 6.07) is 11.1. The summed E-state index contributed by atoms with van der Waals surface area (Å²) in [6.07, 6.45) is 5.21. The first kappa shape index (κ1) is 18.4. The first-order valence-corrected chi connectivity index (χ1v) is 8.47. The Morgan fingerprint density at radius 3 is 2.62 bits per heavy atom. The van der Waals surface area contributed by atoms with Crippen molar-refractivity contribution in [3.8, 4) is 5.69 Å². The molecule has 0 spiro atoms. The number of aromatic nitrogens is 2. The van der Waals surface area contributed by atoms with Gasteiger partial charge in [0, 0.05) is 49.3 Å². The van der Waals surface area contributed by atoms with E-state index in [-0.39, 0.29) is 18.3 Å². The molecule has 0 saturated carbocycles. The van der Waals surface area contributed by atoms with Gasteiger partial charge in [-0.05, 0) is 30.3 Å². The van der Waals surface area contributed by atoms with Crippen molar-refractivity contribution in [1.82, 2.24) is 14.5 Å². The predicted molar refractivity (Wildman–Crippen MR) is 103 cm³/mol. The van der Waals surface area contributed by atoms with Crippen LogP contribution in [0.4, 0.5) is 5.95 Å². The van der Waals surface area contributed by atoms with E-state index >= 15 is 0 Å². The lowest BCUT2D eigenvalue weighted by atomic mass is 10.3. The summed E-state index contributed by atoms with van der Waals surface area (Å²) in [5, 5.41) is 0.686. The van der Waals surface area contributed by atoms with E-state index in [1.54, 1.807) is 18.3 Å². The Labute approximate surface area is 162 Å². The smallest absolute Gasteiger partial charge is 0.289 e. The standard InChI is InChI=1S/C18H17ClN4O2.ClH/c19-14-3-1-4-15(13-14)23-7-6-20-18(23)22-10-8-21(9-11-22)17(24)16-5-2-12-25-16;/h1-7,12-13H,8-11H2;1H. The molecule has 3 heterocycles. The van der Waals surface area contributed by atoms with Crippen molar-refractivity contribution in [2.75, 3.05) is 31.1 Å². The zero-order valence-electron chi connectivity index (χ0n) is 13.9. The van der Waals surface area contributed by atoms with Crippen molar-refractivity contribution in [1.29, 1.82) is 0 Å². The molecule has 3 aromatic rings. The van der Waals surface area contributed by atoms with Gasteiger partial charge in [0.15, 0.2) is 5.76 Å². The van der Waals surface area contributed by atoms with E-state index in [2.05, 4.69) is 9.88 Å². The summed E-state index contributed by atoms with van der Waals surface area (Å²) in [4.78, 5) is 20.8. The molecule has 1 fully saturated rings. The molecule has 26 heavy (non-hydrogen) atoms. The van der Waals surface area contributed by atoms with Gasteiger partial charge in [0.25, 0.3) is 5.91 Å². The summed E-state index contributed by atoms with van der Waals surface area (Å²) >= 11 is 6.10. The van der Waals surface area contributed by atoms with Gasteiger partial charge in [-0.2, -0.15) is 0 Å². The number of hydrogen-bond donors (Lipinski definition) is 0. The maximum absolute atomic E-state index is 12.4. The first-order valence-electron chi connectivity index (χ1n) is 8.09. The molecule has 1 aliphatic heterocycles. The second kappa shape index (κ2) is 7.85. The molecule has 0 atom stereocenters. The molecule has 2 aromatic heterocycles. The Bertz CT molecular complexity index is 871. The van der Waals surface area contributed by atoms with Crippen molar-refractivity contribution in [3.63, 3.8) is 0 Å². The molecule has 8 heteroatoms. The van der Waals surface area contributed by atoms with Crippen LogP contribution in [0.3, 0.4) is 0 Å². The van der Waals surface area contributed by atoms with Gasteiger partial charge in [0.05, 0.1) is 6.26 Å². The Balaban J connectivity index is 0.00000196. The highest BCUT2D eigenvalue weighted by Crippen LogP contribution is 2.22. The number of anilines is 1. The molecule has 1 aromatic carbocycles. The minimum atomic E-state index is -0.0668. The molecule has 6 nitrogen and oxygen atoms in total. The molecular weight excluding hydrogens is 375 g/mol. The van der Waals surface area contributed by atoms with Crippen LogP contribution in [0.5, 0.6) is 0 Å². The van der Waals surface area contributed by atoms with Crippen molar-refractivity contribution < 1.29 is 9.21 Å². The maximum Gasteiger partial charge on any atom is 0.289 e. The van der Waals surface area contributed by atoms with E-state index in [0.717, 1.165) is 11.6 Å². The van der Waals surface area contributed by atoms with E-state index in [4.69, 9.17) is 16.0 Å². The van der Waals surface area contributed by atoms with E-state index in [1.807, 2.05) is 39.9 Å². The Morgan fingerprint density at radius 1 is 1.12 bits per heavy atom. The maximum atomic E-state index is 12.4. The Hall–Kier alpha value is -2.44. The van der Waals surface area contributed by atoms with Gasteiger partial charge in [-0.15, -0.1) is 12.4 Å². The summed E-state index contributed by atoms with van der Waals surface area (Å²) in [5.74, 6) is 1.17. The van der Waals surface area contributed by atoms with Crippen molar-refractivity contribution >= 4 is 35.9 Å². The molecule has 0 bridgehead atoms. The number of hydrogen-bond acceptors (Lipinski definition) is 4. The molecule has 1 saturated heterocycles. The lowest BCUT2D eigenvalue weighted by molar-refractivity contribution is 0.0714. The van der Waals surface area contributed by atoms with Gasteiger partial charge >= 0.3 is 0 Å². The lowest BCUT2D eigenvalue weighted by Crippen LogP contribution is -2.49. The Morgan fingerprint density at radius 2 is 1.92 bits per heavy atom. The summed E-state index contributed by atoms with van der Waals surface area (Å²) in [6.45, 7) is 2.68. The molecule has 0 aliphatic carbocycles. The molecular formula is C18H18Cl2N4O2. The molecule has 1 amide bonds. The largest absolute Gasteiger partial charge is 0.459 e. The van der Waals surface area contributed by atoms with Crippen LogP contribution in [0.2, 0.25) is 5.02 Å². The number of piperazine rings is 1. The van der Waals surface area contributed by atoms with Crippen molar-refractivity contribution in [2.45, 2.75) is 0 Å². The average molecular weight is 393 g/mol. The number of carbonyl (C=O) groups is 1. The lowest BCUT2D eigenvalue weighted by Gasteiger charge is -2.35. The van der Waals surface area contributed by atoms with E-state index < -0.39 is 0 Å². The number of amides is 1. The predicted octanol–water partition coefficient (Wildman–Crippen LogP) is 3.50. The summed E-state index contributed by atoms with van der Waals surface area (Å²) in [7, 11) is 0. The van der Waals surface area contributed by atoms with Crippen LogP contribution < -0.4 is 4.90 Å². The summed E-state index contributed by atoms with van der Waals surface area (Å²) in [5.41, 5.74) is 0.967. The van der Waals surface area contributed by atoms with Crippen molar-refractivity contribution in [3.05, 3.63) is 65.8 Å². The van der Waals surface area contributed by atoms with Gasteiger partial charge in [0.1, 0.15) is 0 Å². The average Bonchev–Trinajstić information content (AvgIpc) is 3.33. The van der Waals surface area contributed by atoms with Gasteiger partial charge in [-0.1, -0.05) is 17.7 Å². The third-order valence-electron chi connectivity index (χ3n) is 4.29. The topological polar surface area (TPSA) is 54.5 Å². The summed E-state index contributed by atoms with van der Waals surface area (Å²) < 4.78 is 7.21. The van der Waals surface area contributed by atoms with Gasteiger partial charge in [0.2, 0.25) is 5.95 Å². The molecule has 1 aliphatic rings. The SMILES string of the molecule is Cl.O=C(c1ccco1)N1CCN(c2nccn2-c2cccc(Cl)c2)CC1. The molecule has 0 unspecified atom stereocenters. The minimum Gasteiger partial charge on any atom is -0.459 e. The Kier molecular flexibility index (Phi) is 5.54. The number of carbonyl (C=O) groups excluding carboxylic acids is 1. The highest BCUT2D eigenvalue weighted by atomic mass is 35.5. The van der Waals surface area contributed by atoms with Crippen LogP contribution in [-0.4, -0.2) is 46.5 Å². The van der Waals surface area contributed by atoms with Gasteiger partial charge in [-0.3, -0.25) is 9.36 Å². The third-order valence-corrected chi connectivity index (χ3v) is 4.52. The molecule has 136 valence electrons.